The predicted octanol–water partition coefficient (Wildman–Crippen LogP) is 3.77. The summed E-state index contributed by atoms with van der Waals surface area (Å²) in [5.41, 5.74) is 2.34. The zero-order valence-corrected chi connectivity index (χ0v) is 16.1. The van der Waals surface area contributed by atoms with Crippen molar-refractivity contribution in [2.24, 2.45) is 0 Å². The first kappa shape index (κ1) is 19.1. The van der Waals surface area contributed by atoms with Gasteiger partial charge < -0.3 is 19.7 Å². The Morgan fingerprint density at radius 2 is 1.78 bits per heavy atom. The van der Waals surface area contributed by atoms with Gasteiger partial charge in [0.25, 0.3) is 5.91 Å². The number of carbonyl (C=O) groups excluding carboxylic acids is 1. The Balaban J connectivity index is 1.49. The molecule has 2 aromatic carbocycles. The zero-order chi connectivity index (χ0) is 19.1. The fraction of sp³-hybridized carbons (Fsp3) is 0.409. The smallest absolute Gasteiger partial charge is 0.261 e. The maximum atomic E-state index is 12.3. The molecular formula is C22H28N2O3. The van der Waals surface area contributed by atoms with Gasteiger partial charge in [-0.3, -0.25) is 4.79 Å². The number of piperidine rings is 1. The average molecular weight is 368 g/mol. The molecular weight excluding hydrogens is 340 g/mol. The summed E-state index contributed by atoms with van der Waals surface area (Å²) >= 11 is 0. The van der Waals surface area contributed by atoms with E-state index in [9.17, 15) is 4.79 Å². The van der Waals surface area contributed by atoms with Crippen molar-refractivity contribution < 1.29 is 14.3 Å². The lowest BCUT2D eigenvalue weighted by molar-refractivity contribution is -0.127. The number of benzene rings is 2. The van der Waals surface area contributed by atoms with Crippen molar-refractivity contribution >= 4 is 11.6 Å². The van der Waals surface area contributed by atoms with E-state index in [1.807, 2.05) is 18.2 Å². The third-order valence-electron chi connectivity index (χ3n) is 4.85. The number of carbonyl (C=O) groups is 1. The number of ether oxygens (including phenoxy) is 2. The van der Waals surface area contributed by atoms with E-state index in [1.54, 1.807) is 20.1 Å². The van der Waals surface area contributed by atoms with Crippen LogP contribution >= 0.6 is 0 Å². The number of hydrogen-bond donors (Lipinski definition) is 1. The molecule has 1 amide bonds. The minimum atomic E-state index is -0.579. The Morgan fingerprint density at radius 3 is 2.48 bits per heavy atom. The van der Waals surface area contributed by atoms with Crippen molar-refractivity contribution in [2.45, 2.75) is 38.8 Å². The highest BCUT2D eigenvalue weighted by atomic mass is 16.5. The number of hydrogen-bond acceptors (Lipinski definition) is 4. The third-order valence-corrected chi connectivity index (χ3v) is 4.85. The van der Waals surface area contributed by atoms with Crippen molar-refractivity contribution in [1.29, 1.82) is 0 Å². The van der Waals surface area contributed by atoms with Crippen LogP contribution in [0.15, 0.2) is 48.5 Å². The Hall–Kier alpha value is -2.69. The van der Waals surface area contributed by atoms with Crippen LogP contribution in [0.25, 0.3) is 0 Å². The van der Waals surface area contributed by atoms with E-state index in [2.05, 4.69) is 34.5 Å². The lowest BCUT2D eigenvalue weighted by Crippen LogP contribution is -2.35. The summed E-state index contributed by atoms with van der Waals surface area (Å²) in [4.78, 5) is 14.7. The molecule has 0 unspecified atom stereocenters. The fourth-order valence-corrected chi connectivity index (χ4v) is 3.24. The van der Waals surface area contributed by atoms with E-state index in [0.29, 0.717) is 18.0 Å². The third kappa shape index (κ3) is 5.39. The second-order valence-corrected chi connectivity index (χ2v) is 6.87. The maximum Gasteiger partial charge on any atom is 0.261 e. The van der Waals surface area contributed by atoms with Gasteiger partial charge in [-0.15, -0.1) is 0 Å². The predicted molar refractivity (Wildman–Crippen MR) is 107 cm³/mol. The number of nitrogens with zero attached hydrogens (tertiary/aromatic N) is 1. The minimum absolute atomic E-state index is 0.141. The molecule has 27 heavy (non-hydrogen) atoms. The largest absolute Gasteiger partial charge is 0.497 e. The first-order chi connectivity index (χ1) is 13.2. The average Bonchev–Trinajstić information content (AvgIpc) is 2.73. The van der Waals surface area contributed by atoms with Crippen LogP contribution in [-0.2, 0) is 11.3 Å². The summed E-state index contributed by atoms with van der Waals surface area (Å²) in [6.45, 7) is 4.50. The minimum Gasteiger partial charge on any atom is -0.497 e. The van der Waals surface area contributed by atoms with Crippen molar-refractivity contribution in [3.63, 3.8) is 0 Å². The molecule has 2 aromatic rings. The molecule has 1 fully saturated rings. The van der Waals surface area contributed by atoms with E-state index < -0.39 is 6.10 Å². The van der Waals surface area contributed by atoms with Crippen LogP contribution in [0.5, 0.6) is 11.5 Å². The van der Waals surface area contributed by atoms with Gasteiger partial charge in [-0.1, -0.05) is 18.2 Å². The van der Waals surface area contributed by atoms with E-state index >= 15 is 0 Å². The van der Waals surface area contributed by atoms with E-state index in [0.717, 1.165) is 18.7 Å². The summed E-state index contributed by atoms with van der Waals surface area (Å²) in [6, 6.07) is 15.7. The first-order valence-corrected chi connectivity index (χ1v) is 9.58. The monoisotopic (exact) mass is 368 g/mol. The molecule has 0 saturated carbocycles. The molecule has 3 rings (SSSR count). The molecule has 144 valence electrons. The molecule has 1 heterocycles. The molecule has 1 aliphatic heterocycles. The molecule has 1 aliphatic rings. The summed E-state index contributed by atoms with van der Waals surface area (Å²) in [7, 11) is 1.60. The fourth-order valence-electron chi connectivity index (χ4n) is 3.24. The Morgan fingerprint density at radius 1 is 1.07 bits per heavy atom. The SMILES string of the molecule is COc1cccc(O[C@@H](C)C(=O)NCc2ccc(N3CCCCC3)cc2)c1. The van der Waals surface area contributed by atoms with Crippen molar-refractivity contribution in [2.75, 3.05) is 25.1 Å². The summed E-state index contributed by atoms with van der Waals surface area (Å²) in [5, 5.41) is 2.94. The van der Waals surface area contributed by atoms with Crippen LogP contribution in [0.2, 0.25) is 0 Å². The van der Waals surface area contributed by atoms with Gasteiger partial charge in [-0.05, 0) is 56.0 Å². The molecule has 1 atom stereocenters. The van der Waals surface area contributed by atoms with Crippen molar-refractivity contribution in [3.8, 4) is 11.5 Å². The molecule has 1 N–H and O–H groups in total. The van der Waals surface area contributed by atoms with Gasteiger partial charge in [0.2, 0.25) is 0 Å². The van der Waals surface area contributed by atoms with Gasteiger partial charge in [-0.25, -0.2) is 0 Å². The van der Waals surface area contributed by atoms with E-state index in [-0.39, 0.29) is 5.91 Å². The quantitative estimate of drug-likeness (QED) is 0.808. The van der Waals surface area contributed by atoms with Crippen LogP contribution in [0.4, 0.5) is 5.69 Å². The topological polar surface area (TPSA) is 50.8 Å². The molecule has 5 heteroatoms. The van der Waals surface area contributed by atoms with E-state index in [1.165, 1.54) is 24.9 Å². The number of methoxy groups -OCH3 is 1. The van der Waals surface area contributed by atoms with Gasteiger partial charge in [0.05, 0.1) is 7.11 Å². The van der Waals surface area contributed by atoms with Gasteiger partial charge in [0.1, 0.15) is 11.5 Å². The van der Waals surface area contributed by atoms with Crippen molar-refractivity contribution in [3.05, 3.63) is 54.1 Å². The van der Waals surface area contributed by atoms with Crippen LogP contribution in [0.3, 0.4) is 0 Å². The second kappa shape index (κ2) is 9.31. The van der Waals surface area contributed by atoms with Crippen LogP contribution in [-0.4, -0.2) is 32.2 Å². The summed E-state index contributed by atoms with van der Waals surface area (Å²) < 4.78 is 10.9. The first-order valence-electron chi connectivity index (χ1n) is 9.58. The molecule has 0 radical (unpaired) electrons. The van der Waals surface area contributed by atoms with Gasteiger partial charge in [0, 0.05) is 31.4 Å². The highest BCUT2D eigenvalue weighted by molar-refractivity contribution is 5.80. The van der Waals surface area contributed by atoms with E-state index in [4.69, 9.17) is 9.47 Å². The molecule has 1 saturated heterocycles. The summed E-state index contributed by atoms with van der Waals surface area (Å²) in [6.07, 6.45) is 3.28. The lowest BCUT2D eigenvalue weighted by Gasteiger charge is -2.28. The van der Waals surface area contributed by atoms with Crippen LogP contribution in [0.1, 0.15) is 31.7 Å². The van der Waals surface area contributed by atoms with Crippen LogP contribution in [0, 0.1) is 0 Å². The Labute approximate surface area is 161 Å². The molecule has 0 aliphatic carbocycles. The number of amides is 1. The highest BCUT2D eigenvalue weighted by Gasteiger charge is 2.15. The van der Waals surface area contributed by atoms with Crippen molar-refractivity contribution in [1.82, 2.24) is 5.32 Å². The highest BCUT2D eigenvalue weighted by Crippen LogP contribution is 2.21. The normalized spacial score (nSPS) is 15.1. The number of nitrogens with one attached hydrogen (secondary N) is 1. The molecule has 0 aromatic heterocycles. The standard InChI is InChI=1S/C22H28N2O3/c1-17(27-21-8-6-7-20(15-21)26-2)22(25)23-16-18-9-11-19(12-10-18)24-13-4-3-5-14-24/h6-12,15,17H,3-5,13-14,16H2,1-2H3,(H,23,25)/t17-/m0/s1. The number of anilines is 1. The van der Waals surface area contributed by atoms with Gasteiger partial charge in [0.15, 0.2) is 6.10 Å². The molecule has 0 bridgehead atoms. The second-order valence-electron chi connectivity index (χ2n) is 6.87. The Bertz CT molecular complexity index is 739. The van der Waals surface area contributed by atoms with Gasteiger partial charge in [-0.2, -0.15) is 0 Å². The molecule has 5 nitrogen and oxygen atoms in total. The summed E-state index contributed by atoms with van der Waals surface area (Å²) in [5.74, 6) is 1.18. The lowest BCUT2D eigenvalue weighted by atomic mass is 10.1. The molecule has 0 spiro atoms. The Kier molecular flexibility index (Phi) is 6.58. The van der Waals surface area contributed by atoms with Crippen LogP contribution < -0.4 is 19.7 Å². The zero-order valence-electron chi connectivity index (χ0n) is 16.1. The number of rotatable bonds is 7. The van der Waals surface area contributed by atoms with Gasteiger partial charge >= 0.3 is 0 Å². The maximum absolute atomic E-state index is 12.3.